The van der Waals surface area contributed by atoms with Gasteiger partial charge in [-0.05, 0) is 31.7 Å². The Balaban J connectivity index is 2.84. The fourth-order valence-corrected chi connectivity index (χ4v) is 1.17. The molecule has 70 valence electrons. The molecule has 1 amide bonds. The van der Waals surface area contributed by atoms with Crippen LogP contribution in [0.3, 0.4) is 0 Å². The highest BCUT2D eigenvalue weighted by Crippen LogP contribution is 2.13. The van der Waals surface area contributed by atoms with Gasteiger partial charge in [-0.2, -0.15) is 0 Å². The average Bonchev–Trinajstić information content (AvgIpc) is 2.14. The molecule has 0 radical (unpaired) electrons. The number of aryl methyl sites for hydroxylation is 1. The van der Waals surface area contributed by atoms with Crippen LogP contribution in [0.4, 0.5) is 5.69 Å². The number of nitrogens with zero attached hydrogens (tertiary/aromatic N) is 1. The van der Waals surface area contributed by atoms with Crippen molar-refractivity contribution in [1.29, 1.82) is 0 Å². The largest absolute Gasteiger partial charge is 0.303 e. The Bertz CT molecular complexity index is 286. The molecule has 13 heavy (non-hydrogen) atoms. The third-order valence-electron chi connectivity index (χ3n) is 1.79. The van der Waals surface area contributed by atoms with E-state index in [1.165, 1.54) is 0 Å². The highest BCUT2D eigenvalue weighted by atomic mass is 16.1. The van der Waals surface area contributed by atoms with Crippen molar-refractivity contribution in [2.75, 3.05) is 18.6 Å². The van der Waals surface area contributed by atoms with E-state index in [0.29, 0.717) is 6.67 Å². The molecule has 0 saturated carbocycles. The number of nitrogens with one attached hydrogen (secondary N) is 1. The fourth-order valence-electron chi connectivity index (χ4n) is 1.17. The molecule has 0 aliphatic rings. The Morgan fingerprint density at radius 3 is 2.85 bits per heavy atom. The zero-order valence-electron chi connectivity index (χ0n) is 7.95. The van der Waals surface area contributed by atoms with Crippen molar-refractivity contribution in [1.82, 2.24) is 5.32 Å². The summed E-state index contributed by atoms with van der Waals surface area (Å²) in [5.41, 5.74) is 2.07. The Labute approximate surface area is 78.4 Å². The van der Waals surface area contributed by atoms with Crippen LogP contribution in [0.5, 0.6) is 0 Å². The van der Waals surface area contributed by atoms with Crippen molar-refractivity contribution in [3.63, 3.8) is 0 Å². The van der Waals surface area contributed by atoms with Gasteiger partial charge in [-0.1, -0.05) is 12.1 Å². The Morgan fingerprint density at radius 2 is 2.31 bits per heavy atom. The average molecular weight is 178 g/mol. The van der Waals surface area contributed by atoms with Crippen molar-refractivity contribution < 1.29 is 4.79 Å². The number of carbonyl (C=O) groups is 1. The summed E-state index contributed by atoms with van der Waals surface area (Å²) in [5.74, 6) is 0. The quantitative estimate of drug-likeness (QED) is 0.554. The van der Waals surface area contributed by atoms with E-state index in [9.17, 15) is 4.79 Å². The van der Waals surface area contributed by atoms with Gasteiger partial charge in [0.2, 0.25) is 6.41 Å². The van der Waals surface area contributed by atoms with Gasteiger partial charge >= 0.3 is 0 Å². The van der Waals surface area contributed by atoms with E-state index in [1.807, 2.05) is 38.2 Å². The molecular formula is C10H14N2O. The first-order valence-electron chi connectivity index (χ1n) is 4.21. The second kappa shape index (κ2) is 4.62. The lowest BCUT2D eigenvalue weighted by molar-refractivity contribution is -0.107. The van der Waals surface area contributed by atoms with Crippen LogP contribution in [0, 0.1) is 6.92 Å². The monoisotopic (exact) mass is 178 g/mol. The minimum atomic E-state index is 0.535. The lowest BCUT2D eigenvalue weighted by Gasteiger charge is -2.16. The molecule has 0 aromatic heterocycles. The zero-order chi connectivity index (χ0) is 9.68. The normalized spacial score (nSPS) is 9.69. The first-order valence-corrected chi connectivity index (χ1v) is 4.21. The molecular weight excluding hydrogens is 164 g/mol. The van der Waals surface area contributed by atoms with Gasteiger partial charge in [0.25, 0.3) is 0 Å². The molecule has 0 atom stereocenters. The third-order valence-corrected chi connectivity index (χ3v) is 1.79. The van der Waals surface area contributed by atoms with Crippen LogP contribution in [0.25, 0.3) is 0 Å². The van der Waals surface area contributed by atoms with Crippen LogP contribution in [-0.4, -0.2) is 20.1 Å². The maximum absolute atomic E-state index is 10.7. The topological polar surface area (TPSA) is 32.3 Å². The van der Waals surface area contributed by atoms with Crippen molar-refractivity contribution in [2.24, 2.45) is 0 Å². The predicted molar refractivity (Wildman–Crippen MR) is 53.6 cm³/mol. The first-order chi connectivity index (χ1) is 6.27. The summed E-state index contributed by atoms with van der Waals surface area (Å²) in [6.45, 7) is 2.54. The van der Waals surface area contributed by atoms with E-state index in [0.717, 1.165) is 17.7 Å². The summed E-state index contributed by atoms with van der Waals surface area (Å²) < 4.78 is 0. The summed E-state index contributed by atoms with van der Waals surface area (Å²) in [6.07, 6.45) is 0.825. The van der Waals surface area contributed by atoms with Crippen LogP contribution >= 0.6 is 0 Å². The van der Waals surface area contributed by atoms with E-state index in [4.69, 9.17) is 0 Å². The number of rotatable bonds is 4. The molecule has 3 heteroatoms. The minimum Gasteiger partial charge on any atom is -0.303 e. The maximum Gasteiger partial charge on any atom is 0.215 e. The van der Waals surface area contributed by atoms with Crippen LogP contribution in [0.2, 0.25) is 0 Å². The summed E-state index contributed by atoms with van der Waals surface area (Å²) in [7, 11) is 1.81. The Kier molecular flexibility index (Phi) is 3.46. The number of hydrogen-bond donors (Lipinski definition) is 1. The molecule has 0 aliphatic heterocycles. The molecule has 1 aromatic carbocycles. The predicted octanol–water partition coefficient (Wildman–Crippen LogP) is 1.13. The molecule has 0 heterocycles. The SMILES string of the molecule is CNCN(C=O)c1cccc(C)c1. The van der Waals surface area contributed by atoms with Gasteiger partial charge in [-0.3, -0.25) is 4.79 Å². The Morgan fingerprint density at radius 1 is 1.54 bits per heavy atom. The van der Waals surface area contributed by atoms with Gasteiger partial charge < -0.3 is 10.2 Å². The first kappa shape index (κ1) is 9.74. The second-order valence-corrected chi connectivity index (χ2v) is 2.93. The van der Waals surface area contributed by atoms with Gasteiger partial charge in [0, 0.05) is 5.69 Å². The molecule has 0 spiro atoms. The number of amides is 1. The summed E-state index contributed by atoms with van der Waals surface area (Å²) in [5, 5.41) is 2.93. The maximum atomic E-state index is 10.7. The third kappa shape index (κ3) is 2.56. The number of benzene rings is 1. The summed E-state index contributed by atoms with van der Waals surface area (Å²) in [4.78, 5) is 12.3. The molecule has 1 rings (SSSR count). The molecule has 0 saturated heterocycles. The summed E-state index contributed by atoms with van der Waals surface area (Å²) in [6, 6.07) is 7.84. The Hall–Kier alpha value is -1.35. The summed E-state index contributed by atoms with van der Waals surface area (Å²) >= 11 is 0. The molecule has 0 bridgehead atoms. The van der Waals surface area contributed by atoms with Gasteiger partial charge in [0.1, 0.15) is 0 Å². The van der Waals surface area contributed by atoms with E-state index in [-0.39, 0.29) is 0 Å². The van der Waals surface area contributed by atoms with Crippen LogP contribution in [0.1, 0.15) is 5.56 Å². The van der Waals surface area contributed by atoms with Crippen LogP contribution in [0.15, 0.2) is 24.3 Å². The zero-order valence-corrected chi connectivity index (χ0v) is 7.95. The molecule has 0 fully saturated rings. The highest BCUT2D eigenvalue weighted by Gasteiger charge is 2.02. The van der Waals surface area contributed by atoms with Crippen molar-refractivity contribution in [2.45, 2.75) is 6.92 Å². The van der Waals surface area contributed by atoms with Gasteiger partial charge in [0.05, 0.1) is 6.67 Å². The van der Waals surface area contributed by atoms with E-state index < -0.39 is 0 Å². The van der Waals surface area contributed by atoms with Crippen molar-refractivity contribution >= 4 is 12.1 Å². The van der Waals surface area contributed by atoms with Crippen LogP contribution < -0.4 is 10.2 Å². The minimum absolute atomic E-state index is 0.535. The molecule has 0 aliphatic carbocycles. The van der Waals surface area contributed by atoms with E-state index >= 15 is 0 Å². The number of anilines is 1. The van der Waals surface area contributed by atoms with Gasteiger partial charge in [-0.25, -0.2) is 0 Å². The van der Waals surface area contributed by atoms with Crippen molar-refractivity contribution in [3.8, 4) is 0 Å². The smallest absolute Gasteiger partial charge is 0.215 e. The lowest BCUT2D eigenvalue weighted by atomic mass is 10.2. The number of carbonyl (C=O) groups excluding carboxylic acids is 1. The highest BCUT2D eigenvalue weighted by molar-refractivity contribution is 5.75. The standard InChI is InChI=1S/C10H14N2O/c1-9-4-3-5-10(6-9)12(8-13)7-11-2/h3-6,8,11H,7H2,1-2H3. The van der Waals surface area contributed by atoms with Crippen molar-refractivity contribution in [3.05, 3.63) is 29.8 Å². The van der Waals surface area contributed by atoms with Gasteiger partial charge in [0.15, 0.2) is 0 Å². The number of hydrogen-bond acceptors (Lipinski definition) is 2. The molecule has 1 aromatic rings. The molecule has 1 N–H and O–H groups in total. The van der Waals surface area contributed by atoms with Gasteiger partial charge in [-0.15, -0.1) is 0 Å². The molecule has 0 unspecified atom stereocenters. The van der Waals surface area contributed by atoms with E-state index in [1.54, 1.807) is 4.90 Å². The second-order valence-electron chi connectivity index (χ2n) is 2.93. The lowest BCUT2D eigenvalue weighted by Crippen LogP contribution is -2.30. The fraction of sp³-hybridized carbons (Fsp3) is 0.300. The molecule has 3 nitrogen and oxygen atoms in total. The van der Waals surface area contributed by atoms with E-state index in [2.05, 4.69) is 5.32 Å². The van der Waals surface area contributed by atoms with Crippen LogP contribution in [-0.2, 0) is 4.79 Å².